The lowest BCUT2D eigenvalue weighted by atomic mass is 10.1. The third-order valence-electron chi connectivity index (χ3n) is 4.47. The van der Waals surface area contributed by atoms with Crippen LogP contribution in [-0.4, -0.2) is 38.0 Å². The molecule has 2 aromatic heterocycles. The van der Waals surface area contributed by atoms with Gasteiger partial charge >= 0.3 is 0 Å². The van der Waals surface area contributed by atoms with Crippen molar-refractivity contribution in [3.8, 4) is 0 Å². The Balaban J connectivity index is 1.64. The lowest BCUT2D eigenvalue weighted by Crippen LogP contribution is -2.33. The van der Waals surface area contributed by atoms with Gasteiger partial charge < -0.3 is 9.47 Å². The Hall–Kier alpha value is -2.68. The van der Waals surface area contributed by atoms with Crippen molar-refractivity contribution in [2.75, 3.05) is 6.54 Å². The molecule has 1 amide bonds. The van der Waals surface area contributed by atoms with E-state index in [0.29, 0.717) is 17.2 Å². The molecule has 1 saturated heterocycles. The van der Waals surface area contributed by atoms with Gasteiger partial charge in [-0.1, -0.05) is 18.2 Å². The highest BCUT2D eigenvalue weighted by atomic mass is 32.1. The molecular formula is C18H15F3N4OS. The van der Waals surface area contributed by atoms with Crippen LogP contribution in [-0.2, 0) is 6.54 Å². The van der Waals surface area contributed by atoms with Crippen LogP contribution in [0.4, 0.5) is 13.2 Å². The van der Waals surface area contributed by atoms with E-state index in [4.69, 9.17) is 0 Å². The largest absolute Gasteiger partial charge is 0.321 e. The Morgan fingerprint density at radius 1 is 1.26 bits per heavy atom. The van der Waals surface area contributed by atoms with Gasteiger partial charge in [0.15, 0.2) is 5.82 Å². The molecular weight excluding hydrogens is 377 g/mol. The number of aromatic nitrogens is 3. The molecule has 0 bridgehead atoms. The zero-order valence-corrected chi connectivity index (χ0v) is 14.9. The van der Waals surface area contributed by atoms with E-state index in [1.807, 2.05) is 0 Å². The van der Waals surface area contributed by atoms with Crippen LogP contribution >= 0.6 is 11.3 Å². The third-order valence-corrected chi connectivity index (χ3v) is 5.33. The lowest BCUT2D eigenvalue weighted by molar-refractivity contribution is 0.0118. The first-order chi connectivity index (χ1) is 12.9. The highest BCUT2D eigenvalue weighted by Gasteiger charge is 2.49. The fourth-order valence-electron chi connectivity index (χ4n) is 3.23. The maximum absolute atomic E-state index is 14.2. The number of carbonyl (C=O) groups is 1. The van der Waals surface area contributed by atoms with Crippen LogP contribution in [0.25, 0.3) is 0 Å². The second kappa shape index (κ2) is 6.80. The Labute approximate surface area is 157 Å². The predicted octanol–water partition coefficient (Wildman–Crippen LogP) is 3.75. The number of amides is 1. The van der Waals surface area contributed by atoms with Crippen molar-refractivity contribution in [3.63, 3.8) is 0 Å². The smallest absolute Gasteiger partial charge is 0.267 e. The Morgan fingerprint density at radius 3 is 2.74 bits per heavy atom. The molecule has 27 heavy (non-hydrogen) atoms. The minimum Gasteiger partial charge on any atom is -0.321 e. The summed E-state index contributed by atoms with van der Waals surface area (Å²) in [5.74, 6) is -3.50. The van der Waals surface area contributed by atoms with Crippen molar-refractivity contribution in [2.45, 2.75) is 24.9 Å². The number of alkyl halides is 2. The molecule has 1 aliphatic heterocycles. The molecule has 0 spiro atoms. The molecule has 1 aromatic carbocycles. The number of hydrogen-bond donors (Lipinski definition) is 0. The molecule has 3 heterocycles. The third kappa shape index (κ3) is 3.59. The summed E-state index contributed by atoms with van der Waals surface area (Å²) in [6, 6.07) is 8.32. The summed E-state index contributed by atoms with van der Waals surface area (Å²) in [4.78, 5) is 14.3. The van der Waals surface area contributed by atoms with Crippen molar-refractivity contribution < 1.29 is 18.0 Å². The second-order valence-electron chi connectivity index (χ2n) is 6.43. The molecule has 0 N–H and O–H groups in total. The van der Waals surface area contributed by atoms with E-state index < -0.39 is 30.8 Å². The van der Waals surface area contributed by atoms with Crippen LogP contribution in [0.5, 0.6) is 0 Å². The molecule has 5 nitrogen and oxygen atoms in total. The highest BCUT2D eigenvalue weighted by molar-refractivity contribution is 7.12. The number of likely N-dealkylation sites (tertiary alicyclic amines) is 1. The van der Waals surface area contributed by atoms with Crippen LogP contribution in [0.2, 0.25) is 0 Å². The summed E-state index contributed by atoms with van der Waals surface area (Å²) in [5, 5.41) is 9.58. The van der Waals surface area contributed by atoms with Gasteiger partial charge in [-0.2, -0.15) is 0 Å². The summed E-state index contributed by atoms with van der Waals surface area (Å²) in [7, 11) is 0. The number of benzene rings is 1. The van der Waals surface area contributed by atoms with Gasteiger partial charge in [0, 0.05) is 6.42 Å². The van der Waals surface area contributed by atoms with Crippen LogP contribution in [0.1, 0.15) is 33.5 Å². The van der Waals surface area contributed by atoms with Crippen molar-refractivity contribution in [2.24, 2.45) is 0 Å². The molecule has 1 aliphatic rings. The fraction of sp³-hybridized carbons (Fsp3) is 0.278. The Kier molecular flexibility index (Phi) is 4.47. The molecule has 1 fully saturated rings. The predicted molar refractivity (Wildman–Crippen MR) is 93.2 cm³/mol. The van der Waals surface area contributed by atoms with E-state index in [1.54, 1.807) is 34.2 Å². The van der Waals surface area contributed by atoms with E-state index in [2.05, 4.69) is 10.2 Å². The maximum atomic E-state index is 14.2. The van der Waals surface area contributed by atoms with Crippen LogP contribution in [0, 0.1) is 5.82 Å². The summed E-state index contributed by atoms with van der Waals surface area (Å²) in [6.07, 6.45) is 0.926. The lowest BCUT2D eigenvalue weighted by Gasteiger charge is -2.23. The summed E-state index contributed by atoms with van der Waals surface area (Å²) in [5.41, 5.74) is 0.776. The molecule has 0 radical (unpaired) electrons. The van der Waals surface area contributed by atoms with Gasteiger partial charge in [0.25, 0.3) is 11.8 Å². The molecule has 0 saturated carbocycles. The Bertz CT molecular complexity index is 940. The zero-order chi connectivity index (χ0) is 19.0. The van der Waals surface area contributed by atoms with Gasteiger partial charge in [-0.3, -0.25) is 4.79 Å². The van der Waals surface area contributed by atoms with E-state index in [9.17, 15) is 18.0 Å². The van der Waals surface area contributed by atoms with Crippen molar-refractivity contribution >= 4 is 17.2 Å². The molecule has 3 aromatic rings. The first-order valence-electron chi connectivity index (χ1n) is 8.27. The highest BCUT2D eigenvalue weighted by Crippen LogP contribution is 2.41. The number of rotatable bonds is 4. The number of carbonyl (C=O) groups excluding carboxylic acids is 1. The van der Waals surface area contributed by atoms with Gasteiger partial charge in [0.05, 0.1) is 24.0 Å². The quantitative estimate of drug-likeness (QED) is 0.680. The number of nitrogens with zero attached hydrogens (tertiary/aromatic N) is 4. The van der Waals surface area contributed by atoms with Crippen molar-refractivity contribution in [3.05, 3.63) is 70.2 Å². The summed E-state index contributed by atoms with van der Waals surface area (Å²) in [6.45, 7) is -0.358. The standard InChI is InChI=1S/C18H15F3N4OS/c19-13-5-3-12(4-6-13)9-24-11-22-23-16(24)14-8-18(20,21)10-25(14)17(26)15-2-1-7-27-15/h1-7,11,14H,8-10H2/t14-/m0/s1. The zero-order valence-electron chi connectivity index (χ0n) is 14.1. The van der Waals surface area contributed by atoms with Gasteiger partial charge in [-0.05, 0) is 29.1 Å². The van der Waals surface area contributed by atoms with E-state index in [0.717, 1.165) is 10.5 Å². The van der Waals surface area contributed by atoms with Gasteiger partial charge in [-0.15, -0.1) is 21.5 Å². The van der Waals surface area contributed by atoms with Crippen LogP contribution in [0.15, 0.2) is 48.1 Å². The first-order valence-corrected chi connectivity index (χ1v) is 9.15. The first kappa shape index (κ1) is 17.7. The average molecular weight is 392 g/mol. The van der Waals surface area contributed by atoms with Crippen molar-refractivity contribution in [1.29, 1.82) is 0 Å². The summed E-state index contributed by atoms with van der Waals surface area (Å²) >= 11 is 1.21. The summed E-state index contributed by atoms with van der Waals surface area (Å²) < 4.78 is 43.0. The molecule has 1 atom stereocenters. The minimum absolute atomic E-state index is 0.293. The van der Waals surface area contributed by atoms with Crippen LogP contribution in [0.3, 0.4) is 0 Å². The van der Waals surface area contributed by atoms with Crippen molar-refractivity contribution in [1.82, 2.24) is 19.7 Å². The van der Waals surface area contributed by atoms with Gasteiger partial charge in [0.1, 0.15) is 12.1 Å². The van der Waals surface area contributed by atoms with Crippen LogP contribution < -0.4 is 0 Å². The fourth-order valence-corrected chi connectivity index (χ4v) is 3.91. The van der Waals surface area contributed by atoms with E-state index in [-0.39, 0.29) is 5.82 Å². The van der Waals surface area contributed by atoms with Gasteiger partial charge in [-0.25, -0.2) is 13.2 Å². The Morgan fingerprint density at radius 2 is 2.04 bits per heavy atom. The average Bonchev–Trinajstić information content (AvgIpc) is 3.36. The second-order valence-corrected chi connectivity index (χ2v) is 7.38. The normalized spacial score (nSPS) is 18.8. The molecule has 140 valence electrons. The topological polar surface area (TPSA) is 51.0 Å². The molecule has 0 unspecified atom stereocenters. The SMILES string of the molecule is O=C(c1cccs1)N1CC(F)(F)C[C@H]1c1nncn1Cc1ccc(F)cc1. The molecule has 9 heteroatoms. The number of hydrogen-bond acceptors (Lipinski definition) is 4. The number of thiophene rings is 1. The maximum Gasteiger partial charge on any atom is 0.267 e. The number of halogens is 3. The van der Waals surface area contributed by atoms with E-state index in [1.165, 1.54) is 29.8 Å². The van der Waals surface area contributed by atoms with Gasteiger partial charge in [0.2, 0.25) is 0 Å². The minimum atomic E-state index is -3.00. The van der Waals surface area contributed by atoms with E-state index >= 15 is 0 Å². The molecule has 0 aliphatic carbocycles. The monoisotopic (exact) mass is 392 g/mol. The molecule has 4 rings (SSSR count).